The van der Waals surface area contributed by atoms with Crippen LogP contribution in [0, 0.1) is 0 Å². The average Bonchev–Trinajstić information content (AvgIpc) is 2.77. The van der Waals surface area contributed by atoms with Crippen molar-refractivity contribution in [2.24, 2.45) is 0 Å². The molecule has 6 nitrogen and oxygen atoms in total. The van der Waals surface area contributed by atoms with Crippen LogP contribution in [0.15, 0.2) is 12.1 Å². The predicted molar refractivity (Wildman–Crippen MR) is 69.6 cm³/mol. The highest BCUT2D eigenvalue weighted by atomic mass is 16.1. The summed E-state index contributed by atoms with van der Waals surface area (Å²) in [5, 5.41) is 17.3. The zero-order valence-corrected chi connectivity index (χ0v) is 10.8. The summed E-state index contributed by atoms with van der Waals surface area (Å²) in [6.45, 7) is 6.52. The van der Waals surface area contributed by atoms with Crippen molar-refractivity contribution in [3.05, 3.63) is 17.8 Å². The van der Waals surface area contributed by atoms with E-state index in [2.05, 4.69) is 33.1 Å². The van der Waals surface area contributed by atoms with E-state index < -0.39 is 0 Å². The highest BCUT2D eigenvalue weighted by molar-refractivity contribution is 5.92. The quantitative estimate of drug-likeness (QED) is 0.719. The van der Waals surface area contributed by atoms with E-state index in [4.69, 9.17) is 0 Å². The summed E-state index contributed by atoms with van der Waals surface area (Å²) in [6.07, 6.45) is 1.05. The molecule has 1 amide bonds. The summed E-state index contributed by atoms with van der Waals surface area (Å²) in [7, 11) is 0. The number of hydrogen-bond donors (Lipinski definition) is 3. The summed E-state index contributed by atoms with van der Waals surface area (Å²) in [5.41, 5.74) is 0.360. The van der Waals surface area contributed by atoms with E-state index in [-0.39, 0.29) is 11.4 Å². The monoisotopic (exact) mass is 249 g/mol. The fourth-order valence-electron chi connectivity index (χ4n) is 2.00. The first kappa shape index (κ1) is 12.8. The Bertz CT molecular complexity index is 411. The van der Waals surface area contributed by atoms with E-state index >= 15 is 0 Å². The molecule has 18 heavy (non-hydrogen) atoms. The second kappa shape index (κ2) is 5.30. The van der Waals surface area contributed by atoms with Crippen LogP contribution < -0.4 is 16.0 Å². The van der Waals surface area contributed by atoms with Gasteiger partial charge in [-0.2, -0.15) is 0 Å². The Morgan fingerprint density at radius 1 is 1.50 bits per heavy atom. The van der Waals surface area contributed by atoms with Gasteiger partial charge in [-0.05, 0) is 38.9 Å². The van der Waals surface area contributed by atoms with Crippen LogP contribution in [0.4, 0.5) is 5.82 Å². The van der Waals surface area contributed by atoms with E-state index in [0.29, 0.717) is 18.1 Å². The molecule has 1 unspecified atom stereocenters. The zero-order chi connectivity index (χ0) is 13.0. The van der Waals surface area contributed by atoms with Crippen molar-refractivity contribution in [2.75, 3.05) is 25.0 Å². The molecule has 1 fully saturated rings. The van der Waals surface area contributed by atoms with Crippen molar-refractivity contribution in [3.8, 4) is 0 Å². The van der Waals surface area contributed by atoms with Crippen molar-refractivity contribution >= 4 is 11.7 Å². The zero-order valence-electron chi connectivity index (χ0n) is 10.8. The minimum absolute atomic E-state index is 0.0157. The fourth-order valence-corrected chi connectivity index (χ4v) is 2.00. The smallest absolute Gasteiger partial charge is 0.271 e. The molecule has 1 aliphatic heterocycles. The molecule has 0 spiro atoms. The van der Waals surface area contributed by atoms with Crippen LogP contribution in [0.25, 0.3) is 0 Å². The molecule has 0 saturated carbocycles. The van der Waals surface area contributed by atoms with Gasteiger partial charge in [-0.1, -0.05) is 0 Å². The van der Waals surface area contributed by atoms with Gasteiger partial charge in [0, 0.05) is 18.6 Å². The first-order valence-corrected chi connectivity index (χ1v) is 6.24. The molecule has 98 valence electrons. The standard InChI is InChI=1S/C12H19N5O/c1-3-14-11(18)9-4-5-10(17-16-9)15-12(2)6-7-13-8-12/h4-5,13H,3,6-8H2,1-2H3,(H,14,18)(H,15,17). The molecule has 0 aromatic carbocycles. The van der Waals surface area contributed by atoms with Crippen LogP contribution in [-0.4, -0.2) is 41.3 Å². The van der Waals surface area contributed by atoms with Gasteiger partial charge in [0.25, 0.3) is 5.91 Å². The van der Waals surface area contributed by atoms with Crippen LogP contribution >= 0.6 is 0 Å². The number of nitrogens with zero attached hydrogens (tertiary/aromatic N) is 2. The SMILES string of the molecule is CCNC(=O)c1ccc(NC2(C)CCNC2)nn1. The molecule has 1 aromatic heterocycles. The molecule has 3 N–H and O–H groups in total. The van der Waals surface area contributed by atoms with E-state index in [1.807, 2.05) is 6.92 Å². The van der Waals surface area contributed by atoms with Gasteiger partial charge in [-0.25, -0.2) is 0 Å². The van der Waals surface area contributed by atoms with Gasteiger partial charge >= 0.3 is 0 Å². The number of rotatable bonds is 4. The normalized spacial score (nSPS) is 22.8. The molecule has 2 rings (SSSR count). The number of nitrogens with one attached hydrogen (secondary N) is 3. The first-order chi connectivity index (χ1) is 8.63. The Hall–Kier alpha value is -1.69. The van der Waals surface area contributed by atoms with E-state index in [0.717, 1.165) is 19.5 Å². The lowest BCUT2D eigenvalue weighted by Crippen LogP contribution is -2.37. The first-order valence-electron chi connectivity index (χ1n) is 6.24. The van der Waals surface area contributed by atoms with Crippen molar-refractivity contribution in [1.29, 1.82) is 0 Å². The molecule has 2 heterocycles. The van der Waals surface area contributed by atoms with Gasteiger partial charge in [0.05, 0.1) is 0 Å². The lowest BCUT2D eigenvalue weighted by Gasteiger charge is -2.24. The summed E-state index contributed by atoms with van der Waals surface area (Å²) < 4.78 is 0. The maximum Gasteiger partial charge on any atom is 0.271 e. The minimum atomic E-state index is -0.190. The molecule has 0 aliphatic carbocycles. The van der Waals surface area contributed by atoms with Crippen LogP contribution in [0.2, 0.25) is 0 Å². The Labute approximate surface area is 107 Å². The lowest BCUT2D eigenvalue weighted by molar-refractivity contribution is 0.0950. The van der Waals surface area contributed by atoms with Gasteiger partial charge in [0.2, 0.25) is 0 Å². The van der Waals surface area contributed by atoms with Crippen LogP contribution in [0.1, 0.15) is 30.8 Å². The van der Waals surface area contributed by atoms with Gasteiger partial charge < -0.3 is 16.0 Å². The van der Waals surface area contributed by atoms with Crippen molar-refractivity contribution in [2.45, 2.75) is 25.8 Å². The second-order valence-corrected chi connectivity index (χ2v) is 4.78. The molecule has 1 saturated heterocycles. The molecule has 0 bridgehead atoms. The molecule has 1 atom stereocenters. The Kier molecular flexibility index (Phi) is 3.76. The van der Waals surface area contributed by atoms with Gasteiger partial charge in [-0.3, -0.25) is 4.79 Å². The average molecular weight is 249 g/mol. The summed E-state index contributed by atoms with van der Waals surface area (Å²) in [4.78, 5) is 11.5. The molecule has 1 aromatic rings. The van der Waals surface area contributed by atoms with Crippen molar-refractivity contribution in [1.82, 2.24) is 20.8 Å². The van der Waals surface area contributed by atoms with Crippen molar-refractivity contribution in [3.63, 3.8) is 0 Å². The highest BCUT2D eigenvalue weighted by Gasteiger charge is 2.28. The Balaban J connectivity index is 2.01. The van der Waals surface area contributed by atoms with Gasteiger partial charge in [-0.15, -0.1) is 10.2 Å². The topological polar surface area (TPSA) is 78.9 Å². The Morgan fingerprint density at radius 3 is 2.89 bits per heavy atom. The van der Waals surface area contributed by atoms with Crippen LogP contribution in [0.5, 0.6) is 0 Å². The molecule has 0 radical (unpaired) electrons. The summed E-state index contributed by atoms with van der Waals surface area (Å²) in [6, 6.07) is 3.48. The van der Waals surface area contributed by atoms with Gasteiger partial charge in [0.15, 0.2) is 5.69 Å². The highest BCUT2D eigenvalue weighted by Crippen LogP contribution is 2.19. The maximum absolute atomic E-state index is 11.5. The second-order valence-electron chi connectivity index (χ2n) is 4.78. The third-order valence-corrected chi connectivity index (χ3v) is 3.03. The number of carbonyl (C=O) groups is 1. The number of anilines is 1. The molecule has 1 aliphatic rings. The number of amides is 1. The Morgan fingerprint density at radius 2 is 2.33 bits per heavy atom. The molecular formula is C12H19N5O. The van der Waals surface area contributed by atoms with Crippen LogP contribution in [-0.2, 0) is 0 Å². The van der Waals surface area contributed by atoms with Crippen LogP contribution in [0.3, 0.4) is 0 Å². The lowest BCUT2D eigenvalue weighted by atomic mass is 10.0. The summed E-state index contributed by atoms with van der Waals surface area (Å²) in [5.74, 6) is 0.513. The van der Waals surface area contributed by atoms with Gasteiger partial charge in [0.1, 0.15) is 5.82 Å². The van der Waals surface area contributed by atoms with E-state index in [9.17, 15) is 4.79 Å². The third-order valence-electron chi connectivity index (χ3n) is 3.03. The van der Waals surface area contributed by atoms with E-state index in [1.54, 1.807) is 12.1 Å². The summed E-state index contributed by atoms with van der Waals surface area (Å²) >= 11 is 0. The fraction of sp³-hybridized carbons (Fsp3) is 0.583. The number of aromatic nitrogens is 2. The predicted octanol–water partition coefficient (Wildman–Crippen LogP) is 0.390. The number of carbonyl (C=O) groups excluding carboxylic acids is 1. The third kappa shape index (κ3) is 2.95. The minimum Gasteiger partial charge on any atom is -0.362 e. The van der Waals surface area contributed by atoms with E-state index in [1.165, 1.54) is 0 Å². The van der Waals surface area contributed by atoms with Crippen molar-refractivity contribution < 1.29 is 4.79 Å². The number of hydrogen-bond acceptors (Lipinski definition) is 5. The molecule has 6 heteroatoms. The maximum atomic E-state index is 11.5. The largest absolute Gasteiger partial charge is 0.362 e. The molecular weight excluding hydrogens is 230 g/mol.